The van der Waals surface area contributed by atoms with Crippen LogP contribution < -0.4 is 14.5 Å². The summed E-state index contributed by atoms with van der Waals surface area (Å²) in [6.45, 7) is 3.07. The molecule has 188 valence electrons. The maximum Gasteiger partial charge on any atom is 0.228 e. The minimum atomic E-state index is -0.0970. The Morgan fingerprint density at radius 2 is 1.72 bits per heavy atom. The van der Waals surface area contributed by atoms with Crippen molar-refractivity contribution in [1.82, 2.24) is 15.0 Å². The first-order chi connectivity index (χ1) is 17.7. The number of piperidine rings is 2. The first-order valence-corrected chi connectivity index (χ1v) is 12.9. The maximum atomic E-state index is 9.80. The normalized spacial score (nSPS) is 27.2. The Kier molecular flexibility index (Phi) is 5.45. The number of aliphatic hydroxyl groups is 1. The highest BCUT2D eigenvalue weighted by Gasteiger charge is 2.39. The summed E-state index contributed by atoms with van der Waals surface area (Å²) in [5.41, 5.74) is 3.34. The number of anilines is 2. The molecule has 6 aliphatic heterocycles. The van der Waals surface area contributed by atoms with Crippen LogP contribution in [0.2, 0.25) is 0 Å². The summed E-state index contributed by atoms with van der Waals surface area (Å²) in [6, 6.07) is 8.46. The molecule has 9 nitrogen and oxygen atoms in total. The molecule has 4 bridgehead atoms. The lowest BCUT2D eigenvalue weighted by Crippen LogP contribution is -2.56. The molecule has 0 radical (unpaired) electrons. The van der Waals surface area contributed by atoms with E-state index in [4.69, 9.17) is 29.2 Å². The van der Waals surface area contributed by atoms with Gasteiger partial charge in [0.15, 0.2) is 0 Å². The molecule has 0 spiro atoms. The van der Waals surface area contributed by atoms with Crippen molar-refractivity contribution in [3.63, 3.8) is 0 Å². The van der Waals surface area contributed by atoms with Crippen LogP contribution in [0.15, 0.2) is 30.5 Å². The van der Waals surface area contributed by atoms with E-state index in [1.807, 2.05) is 30.5 Å². The molecule has 0 amide bonds. The molecular weight excluding hydrogens is 458 g/mol. The average Bonchev–Trinajstić information content (AvgIpc) is 2.97. The molecule has 9 rings (SSSR count). The van der Waals surface area contributed by atoms with Gasteiger partial charge in [-0.15, -0.1) is 0 Å². The second kappa shape index (κ2) is 8.83. The number of pyridine rings is 1. The van der Waals surface area contributed by atoms with E-state index >= 15 is 0 Å². The molecule has 4 atom stereocenters. The third kappa shape index (κ3) is 3.68. The highest BCUT2D eigenvalue weighted by atomic mass is 16.5. The standard InChI is InChI=1S/C27H31N5O4/c1-34-25-7-2-16(8-17(25)13-33)23-9-24-22(10-28-23)26(31-11-20-5-3-18(31)14-35-20)30-27(29-24)32-12-21-6-4-19(32)15-36-21/h2,7-10,18-21,33H,3-6,11-15H2,1H3. The van der Waals surface area contributed by atoms with Gasteiger partial charge in [-0.2, -0.15) is 4.98 Å². The van der Waals surface area contributed by atoms with Crippen molar-refractivity contribution in [1.29, 1.82) is 0 Å². The molecule has 36 heavy (non-hydrogen) atoms. The van der Waals surface area contributed by atoms with Crippen molar-refractivity contribution in [2.24, 2.45) is 0 Å². The molecular formula is C27H31N5O4. The number of morpholine rings is 2. The molecule has 0 aliphatic carbocycles. The summed E-state index contributed by atoms with van der Waals surface area (Å²) in [7, 11) is 1.61. The largest absolute Gasteiger partial charge is 0.496 e. The number of hydrogen-bond acceptors (Lipinski definition) is 9. The smallest absolute Gasteiger partial charge is 0.228 e. The summed E-state index contributed by atoms with van der Waals surface area (Å²) >= 11 is 0. The van der Waals surface area contributed by atoms with Crippen LogP contribution in [0.25, 0.3) is 22.2 Å². The number of nitrogens with zero attached hydrogens (tertiary/aromatic N) is 5. The van der Waals surface area contributed by atoms with Gasteiger partial charge in [-0.05, 0) is 49.9 Å². The van der Waals surface area contributed by atoms with E-state index in [9.17, 15) is 5.11 Å². The lowest BCUT2D eigenvalue weighted by atomic mass is 9.96. The van der Waals surface area contributed by atoms with Crippen molar-refractivity contribution in [3.8, 4) is 17.0 Å². The van der Waals surface area contributed by atoms with Crippen LogP contribution in [0, 0.1) is 0 Å². The van der Waals surface area contributed by atoms with E-state index in [0.29, 0.717) is 17.8 Å². The quantitative estimate of drug-likeness (QED) is 0.581. The maximum absolute atomic E-state index is 9.80. The van der Waals surface area contributed by atoms with E-state index in [2.05, 4.69) is 9.80 Å². The lowest BCUT2D eigenvalue weighted by Gasteiger charge is -2.47. The Bertz CT molecular complexity index is 1290. The second-order valence-electron chi connectivity index (χ2n) is 10.3. The number of rotatable bonds is 5. The van der Waals surface area contributed by atoms with Gasteiger partial charge < -0.3 is 29.1 Å². The van der Waals surface area contributed by atoms with Gasteiger partial charge in [0.05, 0.1) is 67.8 Å². The van der Waals surface area contributed by atoms with Crippen molar-refractivity contribution in [3.05, 3.63) is 36.0 Å². The zero-order valence-electron chi connectivity index (χ0n) is 20.5. The zero-order chi connectivity index (χ0) is 24.2. The van der Waals surface area contributed by atoms with Crippen LogP contribution in [0.5, 0.6) is 5.75 Å². The lowest BCUT2D eigenvalue weighted by molar-refractivity contribution is -0.0237. The number of aromatic nitrogens is 3. The summed E-state index contributed by atoms with van der Waals surface area (Å²) < 4.78 is 17.3. The van der Waals surface area contributed by atoms with E-state index in [1.165, 1.54) is 0 Å². The molecule has 1 N–H and O–H groups in total. The molecule has 0 saturated carbocycles. The summed E-state index contributed by atoms with van der Waals surface area (Å²) in [5, 5.41) is 10.8. The van der Waals surface area contributed by atoms with Crippen LogP contribution in [0.1, 0.15) is 31.2 Å². The van der Waals surface area contributed by atoms with Crippen LogP contribution in [-0.4, -0.2) is 77.8 Å². The Morgan fingerprint density at radius 3 is 2.33 bits per heavy atom. The minimum Gasteiger partial charge on any atom is -0.496 e. The van der Waals surface area contributed by atoms with Gasteiger partial charge in [-0.1, -0.05) is 0 Å². The van der Waals surface area contributed by atoms with Crippen LogP contribution in [0.4, 0.5) is 11.8 Å². The van der Waals surface area contributed by atoms with Crippen molar-refractivity contribution in [2.45, 2.75) is 56.6 Å². The minimum absolute atomic E-state index is 0.0970. The molecule has 8 heterocycles. The summed E-state index contributed by atoms with van der Waals surface area (Å²) in [6.07, 6.45) is 6.86. The van der Waals surface area contributed by atoms with Crippen molar-refractivity contribution < 1.29 is 19.3 Å². The first kappa shape index (κ1) is 22.2. The highest BCUT2D eigenvalue weighted by molar-refractivity contribution is 5.92. The van der Waals surface area contributed by atoms with Crippen LogP contribution >= 0.6 is 0 Å². The monoisotopic (exact) mass is 489 g/mol. The highest BCUT2D eigenvalue weighted by Crippen LogP contribution is 2.37. The predicted molar refractivity (Wildman–Crippen MR) is 135 cm³/mol. The number of fused-ring (bicyclic) bond motifs is 7. The summed E-state index contributed by atoms with van der Waals surface area (Å²) in [4.78, 5) is 19.8. The summed E-state index contributed by atoms with van der Waals surface area (Å²) in [5.74, 6) is 2.40. The third-order valence-corrected chi connectivity index (χ3v) is 8.20. The fourth-order valence-electron chi connectivity index (χ4n) is 6.17. The predicted octanol–water partition coefficient (Wildman–Crippen LogP) is 2.93. The second-order valence-corrected chi connectivity index (χ2v) is 10.3. The Balaban J connectivity index is 1.35. The number of aliphatic hydroxyl groups excluding tert-OH is 1. The van der Waals surface area contributed by atoms with Gasteiger partial charge in [0.2, 0.25) is 5.95 Å². The van der Waals surface area contributed by atoms with E-state index in [1.54, 1.807) is 7.11 Å². The van der Waals surface area contributed by atoms with Gasteiger partial charge in [0.25, 0.3) is 0 Å². The molecule has 6 saturated heterocycles. The fraction of sp³-hybridized carbons (Fsp3) is 0.519. The SMILES string of the molecule is COc1ccc(-c2cc3nc(N4CC5CCC4CO5)nc(N4CC5CCC4CO5)c3cn2)cc1CO. The number of methoxy groups -OCH3 is 1. The zero-order valence-corrected chi connectivity index (χ0v) is 20.5. The first-order valence-electron chi connectivity index (χ1n) is 12.9. The molecule has 6 fully saturated rings. The van der Waals surface area contributed by atoms with Gasteiger partial charge in [0, 0.05) is 30.4 Å². The number of benzene rings is 1. The van der Waals surface area contributed by atoms with E-state index in [0.717, 1.165) is 91.5 Å². The molecule has 2 aromatic heterocycles. The van der Waals surface area contributed by atoms with E-state index in [-0.39, 0.29) is 18.8 Å². The van der Waals surface area contributed by atoms with E-state index < -0.39 is 0 Å². The molecule has 3 aromatic rings. The van der Waals surface area contributed by atoms with Gasteiger partial charge in [-0.25, -0.2) is 4.98 Å². The Morgan fingerprint density at radius 1 is 0.972 bits per heavy atom. The average molecular weight is 490 g/mol. The molecule has 1 aromatic carbocycles. The Labute approximate surface area is 210 Å². The van der Waals surface area contributed by atoms with Crippen molar-refractivity contribution in [2.75, 3.05) is 43.2 Å². The van der Waals surface area contributed by atoms with Gasteiger partial charge in [0.1, 0.15) is 11.6 Å². The van der Waals surface area contributed by atoms with Crippen LogP contribution in [-0.2, 0) is 16.1 Å². The fourth-order valence-corrected chi connectivity index (χ4v) is 6.17. The topological polar surface area (TPSA) is 93.1 Å². The van der Waals surface area contributed by atoms with Crippen LogP contribution in [0.3, 0.4) is 0 Å². The molecule has 6 aliphatic rings. The Hall–Kier alpha value is -3.01. The molecule has 9 heteroatoms. The molecule has 4 unspecified atom stereocenters. The third-order valence-electron chi connectivity index (χ3n) is 8.20. The number of hydrogen-bond donors (Lipinski definition) is 1. The number of ether oxygens (including phenoxy) is 3. The van der Waals surface area contributed by atoms with Gasteiger partial charge >= 0.3 is 0 Å². The van der Waals surface area contributed by atoms with Gasteiger partial charge in [-0.3, -0.25) is 4.98 Å². The van der Waals surface area contributed by atoms with Crippen molar-refractivity contribution >= 4 is 22.7 Å².